The fourth-order valence-electron chi connectivity index (χ4n) is 1.76. The molecular formula is C15H16F3NO5. The van der Waals surface area contributed by atoms with Crippen LogP contribution in [0.1, 0.15) is 12.5 Å². The number of benzene rings is 1. The van der Waals surface area contributed by atoms with Gasteiger partial charge in [0, 0.05) is 6.42 Å². The van der Waals surface area contributed by atoms with Crippen LogP contribution in [0.5, 0.6) is 0 Å². The molecule has 0 radical (unpaired) electrons. The second-order valence-electron chi connectivity index (χ2n) is 4.82. The third-order valence-corrected chi connectivity index (χ3v) is 2.97. The molecule has 0 saturated carbocycles. The van der Waals surface area contributed by atoms with Gasteiger partial charge < -0.3 is 14.8 Å². The van der Waals surface area contributed by atoms with Crippen molar-refractivity contribution in [2.45, 2.75) is 31.7 Å². The van der Waals surface area contributed by atoms with Gasteiger partial charge in [0.05, 0.1) is 7.11 Å². The Hall–Kier alpha value is -2.58. The van der Waals surface area contributed by atoms with Gasteiger partial charge in [-0.25, -0.2) is 9.59 Å². The number of carbonyl (C=O) groups is 3. The Labute approximate surface area is 135 Å². The monoisotopic (exact) mass is 347 g/mol. The predicted octanol–water partition coefficient (Wildman–Crippen LogP) is 1.38. The van der Waals surface area contributed by atoms with Crippen molar-refractivity contribution in [3.63, 3.8) is 0 Å². The zero-order valence-corrected chi connectivity index (χ0v) is 12.9. The van der Waals surface area contributed by atoms with Gasteiger partial charge in [0.25, 0.3) is 5.91 Å². The molecule has 0 spiro atoms. The first-order valence-corrected chi connectivity index (χ1v) is 6.85. The average Bonchev–Trinajstić information content (AvgIpc) is 2.53. The number of hydrogen-bond acceptors (Lipinski definition) is 5. The van der Waals surface area contributed by atoms with Crippen molar-refractivity contribution in [2.24, 2.45) is 0 Å². The Bertz CT molecular complexity index is 589. The van der Waals surface area contributed by atoms with Crippen LogP contribution in [0.4, 0.5) is 13.2 Å². The van der Waals surface area contributed by atoms with Gasteiger partial charge in [0.1, 0.15) is 6.04 Å². The van der Waals surface area contributed by atoms with E-state index in [9.17, 15) is 27.6 Å². The number of nitrogens with one attached hydrogen (secondary N) is 1. The first-order valence-electron chi connectivity index (χ1n) is 6.85. The molecule has 0 aromatic heterocycles. The van der Waals surface area contributed by atoms with Crippen molar-refractivity contribution in [1.29, 1.82) is 0 Å². The Morgan fingerprint density at radius 2 is 1.75 bits per heavy atom. The number of rotatable bonds is 6. The average molecular weight is 347 g/mol. The van der Waals surface area contributed by atoms with E-state index in [-0.39, 0.29) is 6.42 Å². The fraction of sp³-hybridized carbons (Fsp3) is 0.400. The lowest BCUT2D eigenvalue weighted by atomic mass is 10.1. The minimum atomic E-state index is -5.21. The molecule has 0 heterocycles. The first kappa shape index (κ1) is 19.5. The van der Waals surface area contributed by atoms with Crippen LogP contribution in [0.15, 0.2) is 30.3 Å². The van der Waals surface area contributed by atoms with E-state index in [0.29, 0.717) is 5.56 Å². The molecule has 1 rings (SSSR count). The van der Waals surface area contributed by atoms with E-state index >= 15 is 0 Å². The molecule has 0 fully saturated rings. The fourth-order valence-corrected chi connectivity index (χ4v) is 1.76. The van der Waals surface area contributed by atoms with Gasteiger partial charge in [-0.05, 0) is 12.5 Å². The van der Waals surface area contributed by atoms with Gasteiger partial charge in [0.2, 0.25) is 0 Å². The van der Waals surface area contributed by atoms with E-state index in [1.807, 2.05) is 0 Å². The molecule has 132 valence electrons. The van der Waals surface area contributed by atoms with E-state index in [1.165, 1.54) is 0 Å². The van der Waals surface area contributed by atoms with Crippen molar-refractivity contribution < 1.29 is 37.0 Å². The maximum absolute atomic E-state index is 12.1. The number of ether oxygens (including phenoxy) is 2. The van der Waals surface area contributed by atoms with Crippen LogP contribution in [-0.4, -0.2) is 43.3 Å². The van der Waals surface area contributed by atoms with Crippen LogP contribution in [-0.2, 0) is 30.3 Å². The van der Waals surface area contributed by atoms with Crippen molar-refractivity contribution in [3.8, 4) is 0 Å². The number of halogens is 3. The molecule has 0 saturated heterocycles. The SMILES string of the molecule is COC(=O)[C@H](Cc1ccccc1)NC(=O)[C@H](C)OC(=O)C(F)(F)F. The van der Waals surface area contributed by atoms with Gasteiger partial charge in [-0.1, -0.05) is 30.3 Å². The summed E-state index contributed by atoms with van der Waals surface area (Å²) in [5.41, 5.74) is 0.702. The molecule has 2 atom stereocenters. The number of esters is 2. The minimum absolute atomic E-state index is 0.0686. The minimum Gasteiger partial charge on any atom is -0.467 e. The standard InChI is InChI=1S/C15H16F3NO5/c1-9(24-14(22)15(16,17)18)12(20)19-11(13(21)23-2)8-10-6-4-3-5-7-10/h3-7,9,11H,8H2,1-2H3,(H,19,20)/t9-,11-/m0/s1. The highest BCUT2D eigenvalue weighted by molar-refractivity contribution is 5.88. The second kappa shape index (κ2) is 8.32. The van der Waals surface area contributed by atoms with Crippen LogP contribution in [0.3, 0.4) is 0 Å². The summed E-state index contributed by atoms with van der Waals surface area (Å²) >= 11 is 0. The second-order valence-corrected chi connectivity index (χ2v) is 4.82. The number of carbonyl (C=O) groups excluding carboxylic acids is 3. The van der Waals surface area contributed by atoms with Gasteiger partial charge in [-0.15, -0.1) is 0 Å². The lowest BCUT2D eigenvalue weighted by Crippen LogP contribution is -2.48. The molecule has 0 bridgehead atoms. The van der Waals surface area contributed by atoms with Crippen LogP contribution in [0.25, 0.3) is 0 Å². The van der Waals surface area contributed by atoms with Gasteiger partial charge in [-0.3, -0.25) is 4.79 Å². The topological polar surface area (TPSA) is 81.7 Å². The van der Waals surface area contributed by atoms with Crippen molar-refractivity contribution in [1.82, 2.24) is 5.32 Å². The Balaban J connectivity index is 2.74. The highest BCUT2D eigenvalue weighted by atomic mass is 19.4. The van der Waals surface area contributed by atoms with Gasteiger partial charge in [0.15, 0.2) is 6.10 Å². The largest absolute Gasteiger partial charge is 0.490 e. The summed E-state index contributed by atoms with van der Waals surface area (Å²) in [5.74, 6) is -4.30. The molecule has 1 aromatic rings. The molecular weight excluding hydrogens is 331 g/mol. The summed E-state index contributed by atoms with van der Waals surface area (Å²) in [6.07, 6.45) is -6.86. The molecule has 6 nitrogen and oxygen atoms in total. The normalized spacial score (nSPS) is 13.5. The van der Waals surface area contributed by atoms with Crippen molar-refractivity contribution >= 4 is 17.8 Å². The summed E-state index contributed by atoms with van der Waals surface area (Å²) in [5, 5.41) is 2.21. The van der Waals surface area contributed by atoms with Crippen LogP contribution in [0, 0.1) is 0 Å². The molecule has 0 aliphatic carbocycles. The smallest absolute Gasteiger partial charge is 0.467 e. The third-order valence-electron chi connectivity index (χ3n) is 2.97. The zero-order chi connectivity index (χ0) is 18.3. The van der Waals surface area contributed by atoms with E-state index in [2.05, 4.69) is 14.8 Å². The van der Waals surface area contributed by atoms with Crippen molar-refractivity contribution in [3.05, 3.63) is 35.9 Å². The molecule has 0 aliphatic rings. The maximum atomic E-state index is 12.1. The summed E-state index contributed by atoms with van der Waals surface area (Å²) in [7, 11) is 1.11. The Morgan fingerprint density at radius 3 is 2.25 bits per heavy atom. The van der Waals surface area contributed by atoms with Gasteiger partial charge in [-0.2, -0.15) is 13.2 Å². The lowest BCUT2D eigenvalue weighted by molar-refractivity contribution is -0.204. The summed E-state index contributed by atoms with van der Waals surface area (Å²) in [4.78, 5) is 34.3. The van der Waals surface area contributed by atoms with Crippen LogP contribution in [0.2, 0.25) is 0 Å². The number of alkyl halides is 3. The molecule has 0 aliphatic heterocycles. The summed E-state index contributed by atoms with van der Waals surface area (Å²) < 4.78 is 44.9. The summed E-state index contributed by atoms with van der Waals surface area (Å²) in [6, 6.07) is 7.48. The molecule has 1 N–H and O–H groups in total. The highest BCUT2D eigenvalue weighted by Gasteiger charge is 2.42. The van der Waals surface area contributed by atoms with E-state index in [0.717, 1.165) is 14.0 Å². The number of amides is 1. The molecule has 1 amide bonds. The summed E-state index contributed by atoms with van der Waals surface area (Å²) in [6.45, 7) is 0.968. The number of hydrogen-bond donors (Lipinski definition) is 1. The quantitative estimate of drug-likeness (QED) is 0.787. The lowest BCUT2D eigenvalue weighted by Gasteiger charge is -2.20. The Kier molecular flexibility index (Phi) is 6.75. The van der Waals surface area contributed by atoms with E-state index in [1.54, 1.807) is 30.3 Å². The van der Waals surface area contributed by atoms with Crippen LogP contribution < -0.4 is 5.32 Å². The van der Waals surface area contributed by atoms with Crippen molar-refractivity contribution in [2.75, 3.05) is 7.11 Å². The Morgan fingerprint density at radius 1 is 1.17 bits per heavy atom. The maximum Gasteiger partial charge on any atom is 0.490 e. The molecule has 0 unspecified atom stereocenters. The third kappa shape index (κ3) is 5.90. The first-order chi connectivity index (χ1) is 11.1. The van der Waals surface area contributed by atoms with Gasteiger partial charge >= 0.3 is 18.1 Å². The van der Waals surface area contributed by atoms with Crippen LogP contribution >= 0.6 is 0 Å². The van der Waals surface area contributed by atoms with E-state index < -0.39 is 36.2 Å². The highest BCUT2D eigenvalue weighted by Crippen LogP contribution is 2.17. The molecule has 9 heteroatoms. The molecule has 1 aromatic carbocycles. The predicted molar refractivity (Wildman–Crippen MR) is 75.7 cm³/mol. The van der Waals surface area contributed by atoms with E-state index in [4.69, 9.17) is 0 Å². The number of methoxy groups -OCH3 is 1. The molecule has 24 heavy (non-hydrogen) atoms. The zero-order valence-electron chi connectivity index (χ0n) is 12.9.